The summed E-state index contributed by atoms with van der Waals surface area (Å²) in [6, 6.07) is 47.8. The maximum absolute atomic E-state index is 14.3. The number of benzene rings is 6. The number of imidazole rings is 2. The summed E-state index contributed by atoms with van der Waals surface area (Å²) in [4.78, 5) is 12.8. The molecule has 5 heterocycles. The molecule has 0 atom stereocenters. The number of hydrogen-bond acceptors (Lipinski definition) is 3. The van der Waals surface area contributed by atoms with Gasteiger partial charge in [0.15, 0.2) is 0 Å². The highest BCUT2D eigenvalue weighted by Crippen LogP contribution is 2.47. The van der Waals surface area contributed by atoms with Crippen LogP contribution in [0.3, 0.4) is 0 Å². The van der Waals surface area contributed by atoms with Crippen LogP contribution in [0.5, 0.6) is 0 Å². The SMILES string of the molecule is Fc1ccc(N2c3nc4ccccc4n3[Si]3(c4ccccc4-n4c5ccccc5c5cccc3c54)n3c2nc2ccccc23)cc1. The van der Waals surface area contributed by atoms with Crippen LogP contribution < -0.4 is 15.3 Å². The molecule has 0 saturated heterocycles. The summed E-state index contributed by atoms with van der Waals surface area (Å²) in [5.41, 5.74) is 8.29. The van der Waals surface area contributed by atoms with Crippen molar-refractivity contribution in [1.82, 2.24) is 23.0 Å². The highest BCUT2D eigenvalue weighted by molar-refractivity contribution is 7.03. The van der Waals surface area contributed by atoms with Crippen LogP contribution in [0.4, 0.5) is 22.0 Å². The van der Waals surface area contributed by atoms with E-state index in [4.69, 9.17) is 9.97 Å². The van der Waals surface area contributed by atoms with Gasteiger partial charge >= 0.3 is 8.40 Å². The average Bonchev–Trinajstić information content (AvgIpc) is 3.78. The van der Waals surface area contributed by atoms with Gasteiger partial charge in [-0.05, 0) is 60.7 Å². The lowest BCUT2D eigenvalue weighted by atomic mass is 10.1. The molecule has 2 aliphatic heterocycles. The predicted octanol–water partition coefficient (Wildman–Crippen LogP) is 7.37. The van der Waals surface area contributed by atoms with Gasteiger partial charge in [0.25, 0.3) is 0 Å². The number of hydrogen-bond donors (Lipinski definition) is 0. The van der Waals surface area contributed by atoms with Crippen molar-refractivity contribution in [3.63, 3.8) is 0 Å². The van der Waals surface area contributed by atoms with Crippen molar-refractivity contribution in [3.8, 4) is 5.69 Å². The van der Waals surface area contributed by atoms with Crippen molar-refractivity contribution in [2.24, 2.45) is 0 Å². The minimum atomic E-state index is -3.28. The zero-order chi connectivity index (χ0) is 30.1. The summed E-state index contributed by atoms with van der Waals surface area (Å²) in [6.07, 6.45) is 0. The van der Waals surface area contributed by atoms with E-state index in [-0.39, 0.29) is 5.82 Å². The summed E-state index contributed by atoms with van der Waals surface area (Å²) in [7, 11) is -3.28. The highest BCUT2D eigenvalue weighted by Gasteiger charge is 2.57. The summed E-state index contributed by atoms with van der Waals surface area (Å²) < 4.78 is 21.8. The van der Waals surface area contributed by atoms with Crippen molar-refractivity contribution in [2.45, 2.75) is 0 Å². The number of nitrogens with zero attached hydrogens (tertiary/aromatic N) is 6. The minimum absolute atomic E-state index is 0.283. The van der Waals surface area contributed by atoms with E-state index in [0.29, 0.717) is 0 Å². The molecule has 0 amide bonds. The number of halogens is 1. The van der Waals surface area contributed by atoms with Gasteiger partial charge in [-0.15, -0.1) is 0 Å². The first-order valence-corrected chi connectivity index (χ1v) is 17.3. The first-order chi connectivity index (χ1) is 22.7. The quantitative estimate of drug-likeness (QED) is 0.182. The van der Waals surface area contributed by atoms with E-state index >= 15 is 0 Å². The minimum Gasteiger partial charge on any atom is -0.310 e. The third kappa shape index (κ3) is 2.73. The lowest BCUT2D eigenvalue weighted by molar-refractivity contribution is 0.628. The Labute approximate surface area is 263 Å². The van der Waals surface area contributed by atoms with Crippen LogP contribution in [-0.2, 0) is 0 Å². The molecular weight excluding hydrogens is 588 g/mol. The van der Waals surface area contributed by atoms with E-state index in [0.717, 1.165) is 39.7 Å². The molecule has 0 N–H and O–H groups in total. The van der Waals surface area contributed by atoms with Gasteiger partial charge in [-0.1, -0.05) is 78.9 Å². The van der Waals surface area contributed by atoms with Crippen LogP contribution in [0.2, 0.25) is 0 Å². The van der Waals surface area contributed by atoms with E-state index in [1.807, 2.05) is 24.3 Å². The molecule has 0 fully saturated rings. The first kappa shape index (κ1) is 24.3. The van der Waals surface area contributed by atoms with Crippen molar-refractivity contribution in [2.75, 3.05) is 4.90 Å². The maximum Gasteiger partial charge on any atom is 0.349 e. The molecule has 1 spiro atoms. The fourth-order valence-electron chi connectivity index (χ4n) is 8.12. The van der Waals surface area contributed by atoms with Crippen LogP contribution in [0, 0.1) is 5.82 Å². The molecule has 2 aliphatic rings. The second-order valence-corrected chi connectivity index (χ2v) is 15.3. The van der Waals surface area contributed by atoms with Crippen LogP contribution >= 0.6 is 0 Å². The summed E-state index contributed by atoms with van der Waals surface area (Å²) in [5, 5.41) is 4.99. The van der Waals surface area contributed by atoms with Crippen LogP contribution in [0.1, 0.15) is 0 Å². The molecule has 46 heavy (non-hydrogen) atoms. The molecular formula is C38H23FN6Si. The van der Waals surface area contributed by atoms with Crippen molar-refractivity contribution in [3.05, 3.63) is 145 Å². The molecule has 8 heteroatoms. The van der Waals surface area contributed by atoms with Gasteiger partial charge in [0.2, 0.25) is 11.9 Å². The molecule has 9 aromatic rings. The van der Waals surface area contributed by atoms with E-state index < -0.39 is 8.40 Å². The van der Waals surface area contributed by atoms with Crippen molar-refractivity contribution < 1.29 is 4.39 Å². The smallest absolute Gasteiger partial charge is 0.310 e. The van der Waals surface area contributed by atoms with Gasteiger partial charge in [-0.3, -0.25) is 4.90 Å². The molecule has 0 radical (unpaired) electrons. The Morgan fingerprint density at radius 1 is 0.500 bits per heavy atom. The Bertz CT molecular complexity index is 2660. The second-order valence-electron chi connectivity index (χ2n) is 12.0. The Kier molecular flexibility index (Phi) is 4.43. The Morgan fingerprint density at radius 2 is 1.07 bits per heavy atom. The zero-order valence-electron chi connectivity index (χ0n) is 24.3. The Balaban J connectivity index is 1.43. The molecule has 11 rings (SSSR count). The standard InChI is InChI=1S/C38H23FN6Si/c39-24-20-22-25(23-21-24)42-37-40-28-12-2-5-15-31(28)44(37)46(45-32-16-6-3-13-29(32)41-38(42)45)34-18-8-7-17-33(34)43-30-14-4-1-10-26(30)27-11-9-19-35(46)36(27)43/h1-23H. The van der Waals surface area contributed by atoms with E-state index in [1.165, 1.54) is 50.0 Å². The average molecular weight is 611 g/mol. The summed E-state index contributed by atoms with van der Waals surface area (Å²) >= 11 is 0. The largest absolute Gasteiger partial charge is 0.349 e. The van der Waals surface area contributed by atoms with Gasteiger partial charge in [0, 0.05) is 26.8 Å². The van der Waals surface area contributed by atoms with Gasteiger partial charge in [-0.25, -0.2) is 14.4 Å². The monoisotopic (exact) mass is 610 g/mol. The number of para-hydroxylation sites is 7. The molecule has 0 unspecified atom stereocenters. The third-order valence-electron chi connectivity index (χ3n) is 9.81. The highest BCUT2D eigenvalue weighted by atomic mass is 28.3. The fraction of sp³-hybridized carbons (Fsp3) is 0. The number of aromatic nitrogens is 5. The molecule has 6 aromatic carbocycles. The van der Waals surface area contributed by atoms with E-state index in [9.17, 15) is 4.39 Å². The molecule has 0 aliphatic carbocycles. The lowest BCUT2D eigenvalue weighted by Gasteiger charge is -2.46. The maximum atomic E-state index is 14.3. The van der Waals surface area contributed by atoms with E-state index in [2.05, 4.69) is 121 Å². The molecule has 0 saturated carbocycles. The van der Waals surface area contributed by atoms with Crippen LogP contribution in [-0.4, -0.2) is 31.4 Å². The molecule has 3 aromatic heterocycles. The third-order valence-corrected chi connectivity index (χ3v) is 14.3. The normalized spacial score (nSPS) is 14.3. The van der Waals surface area contributed by atoms with Crippen LogP contribution in [0.15, 0.2) is 140 Å². The summed E-state index contributed by atoms with van der Waals surface area (Å²) in [6.45, 7) is 0. The number of anilines is 3. The van der Waals surface area contributed by atoms with Gasteiger partial charge < -0.3 is 13.0 Å². The predicted molar refractivity (Wildman–Crippen MR) is 184 cm³/mol. The van der Waals surface area contributed by atoms with Crippen LogP contribution in [0.25, 0.3) is 49.6 Å². The second kappa shape index (κ2) is 8.38. The molecule has 0 bridgehead atoms. The van der Waals surface area contributed by atoms with Gasteiger partial charge in [-0.2, -0.15) is 0 Å². The first-order valence-electron chi connectivity index (χ1n) is 15.4. The Morgan fingerprint density at radius 3 is 1.78 bits per heavy atom. The van der Waals surface area contributed by atoms with Crippen molar-refractivity contribution >= 4 is 80.2 Å². The number of fused-ring (bicyclic) bond motifs is 15. The Hall–Kier alpha value is -5.99. The fourth-order valence-corrected chi connectivity index (χ4v) is 13.3. The summed E-state index contributed by atoms with van der Waals surface area (Å²) in [5.74, 6) is 1.27. The lowest BCUT2D eigenvalue weighted by Crippen LogP contribution is -2.73. The zero-order valence-corrected chi connectivity index (χ0v) is 25.3. The van der Waals surface area contributed by atoms with E-state index in [1.54, 1.807) is 0 Å². The van der Waals surface area contributed by atoms with Crippen molar-refractivity contribution in [1.29, 1.82) is 0 Å². The topological polar surface area (TPSA) is 43.8 Å². The van der Waals surface area contributed by atoms with Gasteiger partial charge in [0.05, 0.1) is 38.8 Å². The molecule has 6 nitrogen and oxygen atoms in total. The number of rotatable bonds is 1. The molecule has 216 valence electrons. The van der Waals surface area contributed by atoms with Gasteiger partial charge in [0.1, 0.15) is 5.82 Å².